The lowest BCUT2D eigenvalue weighted by atomic mass is 10.1. The van der Waals surface area contributed by atoms with Crippen LogP contribution in [0, 0.1) is 5.92 Å². The number of rotatable bonds is 2. The van der Waals surface area contributed by atoms with E-state index in [0.29, 0.717) is 24.6 Å². The van der Waals surface area contributed by atoms with Gasteiger partial charge in [0.25, 0.3) is 0 Å². The van der Waals surface area contributed by atoms with Gasteiger partial charge in [0.2, 0.25) is 5.91 Å². The van der Waals surface area contributed by atoms with E-state index in [-0.39, 0.29) is 11.8 Å². The third-order valence-corrected chi connectivity index (χ3v) is 3.24. The molecule has 0 aliphatic carbocycles. The highest BCUT2D eigenvalue weighted by molar-refractivity contribution is 9.10. The standard InChI is InChI=1S/C11H13BrN2O2/c12-9-2-1-8(13)5-10(9)14-11(15)7-3-4-16-6-7/h1-2,5,7H,3-4,6,13H2,(H,14,15). The van der Waals surface area contributed by atoms with Gasteiger partial charge in [0.15, 0.2) is 0 Å². The number of carbonyl (C=O) groups is 1. The van der Waals surface area contributed by atoms with Crippen molar-refractivity contribution in [3.8, 4) is 0 Å². The molecular weight excluding hydrogens is 272 g/mol. The van der Waals surface area contributed by atoms with E-state index in [4.69, 9.17) is 10.5 Å². The molecule has 1 atom stereocenters. The molecule has 0 radical (unpaired) electrons. The van der Waals surface area contributed by atoms with Gasteiger partial charge in [-0.25, -0.2) is 0 Å². The van der Waals surface area contributed by atoms with E-state index in [1.807, 2.05) is 6.07 Å². The molecule has 1 unspecified atom stereocenters. The number of carbonyl (C=O) groups excluding carboxylic acids is 1. The van der Waals surface area contributed by atoms with E-state index in [0.717, 1.165) is 10.9 Å². The normalized spacial score (nSPS) is 19.7. The van der Waals surface area contributed by atoms with Crippen LogP contribution in [-0.4, -0.2) is 19.1 Å². The maximum absolute atomic E-state index is 11.8. The van der Waals surface area contributed by atoms with Crippen LogP contribution in [0.2, 0.25) is 0 Å². The van der Waals surface area contributed by atoms with Crippen molar-refractivity contribution < 1.29 is 9.53 Å². The highest BCUT2D eigenvalue weighted by Crippen LogP contribution is 2.26. The van der Waals surface area contributed by atoms with Gasteiger partial charge < -0.3 is 15.8 Å². The van der Waals surface area contributed by atoms with Crippen molar-refractivity contribution in [1.82, 2.24) is 0 Å². The van der Waals surface area contributed by atoms with Gasteiger partial charge in [0.05, 0.1) is 18.2 Å². The first-order valence-corrected chi connectivity index (χ1v) is 5.90. The average Bonchev–Trinajstić information content (AvgIpc) is 2.76. The molecule has 1 amide bonds. The van der Waals surface area contributed by atoms with Crippen molar-refractivity contribution in [3.63, 3.8) is 0 Å². The Labute approximate surface area is 102 Å². The maximum atomic E-state index is 11.8. The van der Waals surface area contributed by atoms with E-state index in [1.165, 1.54) is 0 Å². The number of hydrogen-bond acceptors (Lipinski definition) is 3. The molecule has 16 heavy (non-hydrogen) atoms. The molecule has 3 N–H and O–H groups in total. The van der Waals surface area contributed by atoms with E-state index < -0.39 is 0 Å². The molecule has 1 heterocycles. The number of ether oxygens (including phenoxy) is 1. The summed E-state index contributed by atoms with van der Waals surface area (Å²) in [6.07, 6.45) is 0.784. The predicted octanol–water partition coefficient (Wildman–Crippen LogP) is 2.01. The van der Waals surface area contributed by atoms with Crippen molar-refractivity contribution in [2.24, 2.45) is 5.92 Å². The first kappa shape index (κ1) is 11.4. The highest BCUT2D eigenvalue weighted by Gasteiger charge is 2.23. The Bertz CT molecular complexity index is 403. The summed E-state index contributed by atoms with van der Waals surface area (Å²) in [6.45, 7) is 1.17. The summed E-state index contributed by atoms with van der Waals surface area (Å²) in [5.74, 6) is -0.0582. The predicted molar refractivity (Wildman–Crippen MR) is 66.1 cm³/mol. The first-order valence-electron chi connectivity index (χ1n) is 5.10. The molecule has 0 bridgehead atoms. The van der Waals surface area contributed by atoms with Crippen LogP contribution in [0.4, 0.5) is 11.4 Å². The number of hydrogen-bond donors (Lipinski definition) is 2. The van der Waals surface area contributed by atoms with Gasteiger partial charge in [-0.05, 0) is 40.5 Å². The van der Waals surface area contributed by atoms with E-state index in [1.54, 1.807) is 12.1 Å². The quantitative estimate of drug-likeness (QED) is 0.817. The van der Waals surface area contributed by atoms with Gasteiger partial charge in [-0.15, -0.1) is 0 Å². The van der Waals surface area contributed by atoms with Crippen molar-refractivity contribution in [2.75, 3.05) is 24.3 Å². The Hall–Kier alpha value is -1.07. The molecule has 1 fully saturated rings. The van der Waals surface area contributed by atoms with Crippen LogP contribution in [0.5, 0.6) is 0 Å². The number of nitrogens with one attached hydrogen (secondary N) is 1. The van der Waals surface area contributed by atoms with E-state index >= 15 is 0 Å². The van der Waals surface area contributed by atoms with Crippen LogP contribution in [0.1, 0.15) is 6.42 Å². The van der Waals surface area contributed by atoms with Crippen molar-refractivity contribution in [2.45, 2.75) is 6.42 Å². The summed E-state index contributed by atoms with van der Waals surface area (Å²) in [7, 11) is 0. The van der Waals surface area contributed by atoms with Gasteiger partial charge in [0, 0.05) is 16.8 Å². The van der Waals surface area contributed by atoms with Gasteiger partial charge in [-0.3, -0.25) is 4.79 Å². The smallest absolute Gasteiger partial charge is 0.229 e. The van der Waals surface area contributed by atoms with Crippen molar-refractivity contribution in [1.29, 1.82) is 0 Å². The Kier molecular flexibility index (Phi) is 3.46. The zero-order valence-electron chi connectivity index (χ0n) is 8.70. The van der Waals surface area contributed by atoms with E-state index in [9.17, 15) is 4.79 Å². The van der Waals surface area contributed by atoms with E-state index in [2.05, 4.69) is 21.2 Å². The van der Waals surface area contributed by atoms with Crippen LogP contribution >= 0.6 is 15.9 Å². The first-order chi connectivity index (χ1) is 7.66. The molecule has 86 valence electrons. The Morgan fingerprint density at radius 3 is 3.06 bits per heavy atom. The molecule has 1 aliphatic rings. The number of benzene rings is 1. The second-order valence-electron chi connectivity index (χ2n) is 3.79. The fraction of sp³-hybridized carbons (Fsp3) is 0.364. The minimum atomic E-state index is -0.0478. The molecule has 0 saturated carbocycles. The Balaban J connectivity index is 2.07. The maximum Gasteiger partial charge on any atom is 0.229 e. The third kappa shape index (κ3) is 2.54. The fourth-order valence-electron chi connectivity index (χ4n) is 1.61. The summed E-state index contributed by atoms with van der Waals surface area (Å²) in [5, 5.41) is 2.85. The zero-order chi connectivity index (χ0) is 11.5. The molecular formula is C11H13BrN2O2. The minimum absolute atomic E-state index is 0.0104. The number of nitrogen functional groups attached to an aromatic ring is 1. The lowest BCUT2D eigenvalue weighted by molar-refractivity contribution is -0.119. The van der Waals surface area contributed by atoms with Crippen LogP contribution < -0.4 is 11.1 Å². The molecule has 1 aliphatic heterocycles. The van der Waals surface area contributed by atoms with Gasteiger partial charge >= 0.3 is 0 Å². The highest BCUT2D eigenvalue weighted by atomic mass is 79.9. The summed E-state index contributed by atoms with van der Waals surface area (Å²) in [5.41, 5.74) is 6.99. The molecule has 2 rings (SSSR count). The third-order valence-electron chi connectivity index (χ3n) is 2.55. The number of amides is 1. The number of nitrogens with two attached hydrogens (primary N) is 1. The topological polar surface area (TPSA) is 64.3 Å². The number of halogens is 1. The Morgan fingerprint density at radius 1 is 1.56 bits per heavy atom. The van der Waals surface area contributed by atoms with Crippen LogP contribution in [0.15, 0.2) is 22.7 Å². The summed E-state index contributed by atoms with van der Waals surface area (Å²) in [6, 6.07) is 5.33. The van der Waals surface area contributed by atoms with Gasteiger partial charge in [0.1, 0.15) is 0 Å². The lowest BCUT2D eigenvalue weighted by Gasteiger charge is -2.11. The monoisotopic (exact) mass is 284 g/mol. The second-order valence-corrected chi connectivity index (χ2v) is 4.64. The summed E-state index contributed by atoms with van der Waals surface area (Å²) in [4.78, 5) is 11.8. The molecule has 5 heteroatoms. The van der Waals surface area contributed by atoms with Crippen molar-refractivity contribution >= 4 is 33.2 Å². The summed E-state index contributed by atoms with van der Waals surface area (Å²) < 4.78 is 6.00. The molecule has 1 saturated heterocycles. The molecule has 1 aromatic carbocycles. The van der Waals surface area contributed by atoms with Crippen molar-refractivity contribution in [3.05, 3.63) is 22.7 Å². The van der Waals surface area contributed by atoms with Crippen LogP contribution in [-0.2, 0) is 9.53 Å². The fourth-order valence-corrected chi connectivity index (χ4v) is 1.96. The Morgan fingerprint density at radius 2 is 2.38 bits per heavy atom. The average molecular weight is 285 g/mol. The van der Waals surface area contributed by atoms with Gasteiger partial charge in [-0.1, -0.05) is 0 Å². The molecule has 4 nitrogen and oxygen atoms in total. The SMILES string of the molecule is Nc1ccc(Br)c(NC(=O)C2CCOC2)c1. The summed E-state index contributed by atoms with van der Waals surface area (Å²) >= 11 is 3.37. The van der Waals surface area contributed by atoms with Gasteiger partial charge in [-0.2, -0.15) is 0 Å². The second kappa shape index (κ2) is 4.84. The van der Waals surface area contributed by atoms with Crippen LogP contribution in [0.3, 0.4) is 0 Å². The zero-order valence-corrected chi connectivity index (χ0v) is 10.3. The number of anilines is 2. The molecule has 0 spiro atoms. The van der Waals surface area contributed by atoms with Crippen LogP contribution in [0.25, 0.3) is 0 Å². The lowest BCUT2D eigenvalue weighted by Crippen LogP contribution is -2.23. The molecule has 1 aromatic rings. The largest absolute Gasteiger partial charge is 0.399 e. The minimum Gasteiger partial charge on any atom is -0.399 e. The molecule has 0 aromatic heterocycles.